The van der Waals surface area contributed by atoms with Gasteiger partial charge in [-0.3, -0.25) is 81.9 Å². The van der Waals surface area contributed by atoms with Crippen LogP contribution in [0, 0.1) is 11.8 Å². The average molecular weight is 1600 g/mol. The molecule has 0 radical (unpaired) electrons. The van der Waals surface area contributed by atoms with Crippen LogP contribution in [0.5, 0.6) is 0 Å². The molecule has 1 heterocycles. The number of nitrogens with zero attached hydrogens (tertiary/aromatic N) is 2. The molecule has 2 aromatic rings. The molecular formula is C68H105N21O20S2. The lowest BCUT2D eigenvalue weighted by Crippen LogP contribution is -2.61. The van der Waals surface area contributed by atoms with E-state index in [1.165, 1.54) is 13.8 Å². The zero-order valence-corrected chi connectivity index (χ0v) is 64.0. The lowest BCUT2D eigenvalue weighted by Gasteiger charge is -2.29. The van der Waals surface area contributed by atoms with Crippen LogP contribution in [0.15, 0.2) is 70.6 Å². The third kappa shape index (κ3) is 34.7. The second-order valence-corrected chi connectivity index (χ2v) is 28.6. The summed E-state index contributed by atoms with van der Waals surface area (Å²) in [4.78, 5) is 230. The number of hydrogen-bond acceptors (Lipinski definition) is 23. The highest BCUT2D eigenvalue weighted by Gasteiger charge is 2.39. The number of aliphatic carboxylic acids is 2. The summed E-state index contributed by atoms with van der Waals surface area (Å²) in [7, 11) is 1.51. The number of aliphatic imine (C=N–C) groups is 2. The minimum atomic E-state index is -1.95. The van der Waals surface area contributed by atoms with Crippen LogP contribution in [-0.4, -0.2) is 256 Å². The van der Waals surface area contributed by atoms with E-state index in [1.54, 1.807) is 81.4 Å². The highest BCUT2D eigenvalue weighted by Crippen LogP contribution is 2.24. The molecular weight excluding hydrogens is 1500 g/mol. The predicted molar refractivity (Wildman–Crippen MR) is 407 cm³/mol. The number of hydrogen-bond donors (Lipinski definition) is 23. The fourth-order valence-electron chi connectivity index (χ4n) is 10.3. The molecule has 14 amide bonds. The summed E-state index contributed by atoms with van der Waals surface area (Å²) in [5.41, 5.74) is 28.5. The molecule has 1 aliphatic rings. The molecule has 0 bridgehead atoms. The number of nitrogens with one attached hydrogen (secondary N) is 14. The van der Waals surface area contributed by atoms with Gasteiger partial charge in [0.25, 0.3) is 0 Å². The molecule has 0 saturated carbocycles. The smallest absolute Gasteiger partial charge is 0.326 e. The number of aliphatic hydroxyl groups is 2. The van der Waals surface area contributed by atoms with Gasteiger partial charge in [0, 0.05) is 37.4 Å². The van der Waals surface area contributed by atoms with Crippen molar-refractivity contribution in [3.8, 4) is 0 Å². The van der Waals surface area contributed by atoms with Gasteiger partial charge >= 0.3 is 11.9 Å². The molecule has 614 valence electrons. The quantitative estimate of drug-likeness (QED) is 0.0156. The second kappa shape index (κ2) is 49.3. The number of carbonyl (C=O) groups excluding carboxylic acids is 14. The van der Waals surface area contributed by atoms with E-state index in [0.29, 0.717) is 11.1 Å². The Hall–Kier alpha value is -10.9. The van der Waals surface area contributed by atoms with E-state index < -0.39 is 229 Å². The molecule has 43 heteroatoms. The minimum Gasteiger partial charge on any atom is -0.481 e. The molecule has 0 aliphatic carbocycles. The molecule has 111 heavy (non-hydrogen) atoms. The number of carboxylic acids is 2. The molecule has 2 aromatic carbocycles. The van der Waals surface area contributed by atoms with Gasteiger partial charge in [0.15, 0.2) is 11.9 Å². The van der Waals surface area contributed by atoms with E-state index in [1.807, 2.05) is 0 Å². The summed E-state index contributed by atoms with van der Waals surface area (Å²) < 4.78 is 0. The lowest BCUT2D eigenvalue weighted by atomic mass is 9.96. The molecule has 0 spiro atoms. The van der Waals surface area contributed by atoms with Gasteiger partial charge in [-0.05, 0) is 62.5 Å². The summed E-state index contributed by atoms with van der Waals surface area (Å²) in [5, 5.41) is 74.0. The van der Waals surface area contributed by atoms with E-state index in [-0.39, 0.29) is 76.4 Å². The maximum Gasteiger partial charge on any atom is 0.326 e. The Morgan fingerprint density at radius 1 is 0.532 bits per heavy atom. The first-order valence-electron chi connectivity index (χ1n) is 35.6. The van der Waals surface area contributed by atoms with Gasteiger partial charge in [-0.25, -0.2) is 4.79 Å². The van der Waals surface area contributed by atoms with Gasteiger partial charge in [0.1, 0.15) is 78.5 Å². The van der Waals surface area contributed by atoms with Crippen LogP contribution in [0.1, 0.15) is 97.6 Å². The van der Waals surface area contributed by atoms with E-state index in [2.05, 4.69) is 84.4 Å². The SMILES string of the molecule is CC[C@H](C)[C@@H]1NC(=O)[C@@H](CCCN=C(N)N)NC(=O)CNC(=O)CNC(=O)[C@@H](Cc2ccccc2)NC(=O)[C@@H](C)NC(=O)[C@H](NC(=O)[C@H](CO)NC(=O)[C@@H](N)CO)CSSC[C@H](C(=O)N[C@H](Cc2ccccc2)C(=O)N[C@H](CCCN=C(N)N)C(=O)O)NC(=O)[C@@H]([C@@H](C)CC)NC(=O)[C@H](C)NC(=O)[C@@H](CC(=O)O)NC1=O. The summed E-state index contributed by atoms with van der Waals surface area (Å²) in [6, 6.07) is -5.05. The Morgan fingerprint density at radius 3 is 1.60 bits per heavy atom. The Labute approximate surface area is 648 Å². The summed E-state index contributed by atoms with van der Waals surface area (Å²) in [6.07, 6.45) is -1.50. The summed E-state index contributed by atoms with van der Waals surface area (Å²) >= 11 is 0. The maximum atomic E-state index is 15.0. The molecule has 0 unspecified atom stereocenters. The van der Waals surface area contributed by atoms with Gasteiger partial charge in [-0.1, -0.05) is 123 Å². The van der Waals surface area contributed by atoms with Crippen molar-refractivity contribution in [2.75, 3.05) is 50.9 Å². The Morgan fingerprint density at radius 2 is 1.05 bits per heavy atom. The standard InChI is InChI=1S/C68H105N21O20S2/c1-7-34(3)52-65(107)87-48(63(105)83-44(26-39-19-13-10-14-20-39)60(102)81-42(66(108)109)22-16-24-75-68(72)73)33-111-110-32-47(86-61(103)46(31-91)85-56(98)40(69)30-90)62(104)79-36(5)54(96)82-43(25-38-17-11-9-12-18-38)57(99)77-28-49(92)76-29-50(93)80-41(21-15-23-74-67(70)71)58(100)89-53(35(4)8-2)64(106)84-45(27-51(94)95)59(101)78-37(6)55(97)88-52/h9-14,17-20,34-37,40-48,52-53,90-91H,7-8,15-16,21-33,69H2,1-6H3,(H,76,92)(H,77,99)(H,78,101)(H,79,104)(H,80,93)(H,81,102)(H,82,96)(H,83,105)(H,84,106)(H,85,98)(H,86,103)(H,87,107)(H,88,97)(H,89,100)(H,94,95)(H,108,109)(H4,70,71,74)(H4,72,73,75)/t34-,35-,36+,37-,40-,41+,42+,43+,44+,45+,46-,47+,48+,52+,53-/m0/s1. The van der Waals surface area contributed by atoms with Gasteiger partial charge in [0.05, 0.1) is 32.7 Å². The highest BCUT2D eigenvalue weighted by atomic mass is 33.1. The fourth-order valence-corrected chi connectivity index (χ4v) is 12.6. The van der Waals surface area contributed by atoms with Crippen molar-refractivity contribution in [1.82, 2.24) is 74.4 Å². The average Bonchev–Trinajstić information content (AvgIpc) is 0.860. The highest BCUT2D eigenvalue weighted by molar-refractivity contribution is 8.76. The van der Waals surface area contributed by atoms with Crippen molar-refractivity contribution < 1.29 is 97.1 Å². The number of carboxylic acid groups (broad SMARTS) is 2. The first kappa shape index (κ1) is 94.3. The maximum absolute atomic E-state index is 15.0. The third-order valence-corrected chi connectivity index (χ3v) is 19.5. The molecule has 15 atom stereocenters. The van der Waals surface area contributed by atoms with Crippen LogP contribution in [-0.2, 0) is 89.6 Å². The number of nitrogens with two attached hydrogens (primary N) is 5. The molecule has 1 aliphatic heterocycles. The van der Waals surface area contributed by atoms with Gasteiger partial charge < -0.3 is 124 Å². The number of benzene rings is 2. The lowest BCUT2D eigenvalue weighted by molar-refractivity contribution is -0.142. The fraction of sp³-hybridized carbons (Fsp3) is 0.559. The van der Waals surface area contributed by atoms with E-state index >= 15 is 0 Å². The van der Waals surface area contributed by atoms with Crippen molar-refractivity contribution >= 4 is 128 Å². The molecule has 28 N–H and O–H groups in total. The Bertz CT molecular complexity index is 3580. The van der Waals surface area contributed by atoms with Gasteiger partial charge in [-0.2, -0.15) is 0 Å². The largest absolute Gasteiger partial charge is 0.481 e. The van der Waals surface area contributed by atoms with Crippen LogP contribution in [0.4, 0.5) is 0 Å². The number of guanidine groups is 2. The summed E-state index contributed by atoms with van der Waals surface area (Å²) in [5.74, 6) is -21.1. The zero-order valence-electron chi connectivity index (χ0n) is 62.4. The normalized spacial score (nSPS) is 22.5. The van der Waals surface area contributed by atoms with Crippen LogP contribution in [0.2, 0.25) is 0 Å². The number of aliphatic hydroxyl groups excluding tert-OH is 2. The van der Waals surface area contributed by atoms with Crippen LogP contribution >= 0.6 is 21.6 Å². The van der Waals surface area contributed by atoms with Crippen LogP contribution in [0.25, 0.3) is 0 Å². The number of carbonyl (C=O) groups is 16. The molecule has 41 nitrogen and oxygen atoms in total. The van der Waals surface area contributed by atoms with E-state index in [9.17, 15) is 97.1 Å². The predicted octanol–water partition coefficient (Wildman–Crippen LogP) is -7.97. The Balaban J connectivity index is 2.29. The van der Waals surface area contributed by atoms with Crippen molar-refractivity contribution in [2.45, 2.75) is 178 Å². The van der Waals surface area contributed by atoms with Crippen LogP contribution in [0.3, 0.4) is 0 Å². The van der Waals surface area contributed by atoms with Gasteiger partial charge in [-0.15, -0.1) is 0 Å². The molecule has 3 rings (SSSR count). The minimum absolute atomic E-state index is 0.0146. The third-order valence-electron chi connectivity index (χ3n) is 17.1. The Kier molecular flexibility index (Phi) is 41.9. The van der Waals surface area contributed by atoms with Crippen molar-refractivity contribution in [1.29, 1.82) is 0 Å². The first-order chi connectivity index (χ1) is 52.5. The van der Waals surface area contributed by atoms with Crippen molar-refractivity contribution in [3.05, 3.63) is 71.8 Å². The number of amides is 14. The van der Waals surface area contributed by atoms with Crippen molar-refractivity contribution in [2.24, 2.45) is 50.5 Å². The topological polar surface area (TPSA) is 677 Å². The zero-order chi connectivity index (χ0) is 83.0. The van der Waals surface area contributed by atoms with E-state index in [4.69, 9.17) is 28.7 Å². The summed E-state index contributed by atoms with van der Waals surface area (Å²) in [6.45, 7) is 5.06. The van der Waals surface area contributed by atoms with Crippen molar-refractivity contribution in [3.63, 3.8) is 0 Å². The second-order valence-electron chi connectivity index (χ2n) is 26.0. The molecule has 1 saturated heterocycles. The van der Waals surface area contributed by atoms with Crippen LogP contribution < -0.4 is 103 Å². The monoisotopic (exact) mass is 1600 g/mol. The number of rotatable bonds is 29. The molecule has 1 fully saturated rings. The van der Waals surface area contributed by atoms with Gasteiger partial charge in [0.2, 0.25) is 82.7 Å². The molecule has 0 aromatic heterocycles. The van der Waals surface area contributed by atoms with E-state index in [0.717, 1.165) is 28.5 Å². The first-order valence-corrected chi connectivity index (χ1v) is 38.0.